The van der Waals surface area contributed by atoms with Gasteiger partial charge in [0.1, 0.15) is 5.75 Å². The van der Waals surface area contributed by atoms with Crippen LogP contribution in [0.2, 0.25) is 0 Å². The van der Waals surface area contributed by atoms with Crippen LogP contribution < -0.4 is 4.74 Å². The van der Waals surface area contributed by atoms with E-state index in [1.54, 1.807) is 31.2 Å². The van der Waals surface area contributed by atoms with Gasteiger partial charge in [0.15, 0.2) is 0 Å². The van der Waals surface area contributed by atoms with Crippen LogP contribution in [0, 0.1) is 0 Å². The third-order valence-corrected chi connectivity index (χ3v) is 3.03. The van der Waals surface area contributed by atoms with Gasteiger partial charge in [-0.3, -0.25) is 9.63 Å². The Morgan fingerprint density at radius 3 is 2.59 bits per heavy atom. The summed E-state index contributed by atoms with van der Waals surface area (Å²) in [5, 5.41) is 1.14. The molecule has 120 valence electrons. The summed E-state index contributed by atoms with van der Waals surface area (Å²) >= 11 is 0. The third-order valence-electron chi connectivity index (χ3n) is 3.03. The first-order chi connectivity index (χ1) is 10.5. The highest BCUT2D eigenvalue weighted by Crippen LogP contribution is 2.24. The summed E-state index contributed by atoms with van der Waals surface area (Å²) in [6.07, 6.45) is 3.03. The van der Waals surface area contributed by atoms with Crippen LogP contribution in [0.4, 0.5) is 0 Å². The molecule has 0 atom stereocenters. The van der Waals surface area contributed by atoms with Crippen LogP contribution >= 0.6 is 0 Å². The predicted octanol–water partition coefficient (Wildman–Crippen LogP) is 1.83. The van der Waals surface area contributed by atoms with Gasteiger partial charge in [0.2, 0.25) is 5.91 Å². The fourth-order valence-electron chi connectivity index (χ4n) is 1.83. The molecule has 0 radical (unpaired) electrons. The molecular formula is C16H21NO5. The Kier molecular flexibility index (Phi) is 7.12. The second-order valence-electron chi connectivity index (χ2n) is 4.36. The number of likely N-dealkylation sites (N-methyl/N-ethyl adjacent to an activating group) is 1. The molecule has 22 heavy (non-hydrogen) atoms. The normalized spacial score (nSPS) is 10.5. The second kappa shape index (κ2) is 8.84. The molecule has 0 aliphatic rings. The lowest BCUT2D eigenvalue weighted by Crippen LogP contribution is -2.27. The molecule has 1 aromatic carbocycles. The number of hydrogen-bond donors (Lipinski definition) is 0. The van der Waals surface area contributed by atoms with Gasteiger partial charge in [-0.15, -0.1) is 0 Å². The van der Waals surface area contributed by atoms with Gasteiger partial charge >= 0.3 is 5.97 Å². The third kappa shape index (κ3) is 4.89. The maximum absolute atomic E-state index is 12.0. The number of benzene rings is 1. The van der Waals surface area contributed by atoms with Gasteiger partial charge < -0.3 is 9.47 Å². The van der Waals surface area contributed by atoms with E-state index >= 15 is 0 Å². The zero-order valence-corrected chi connectivity index (χ0v) is 13.3. The van der Waals surface area contributed by atoms with Crippen LogP contribution in [0.5, 0.6) is 5.75 Å². The topological polar surface area (TPSA) is 65.1 Å². The SMILES string of the molecule is CCOC(=O)/C=C/c1cccc(OC)c1CC(=O)N(C)OC. The number of carbonyl (C=O) groups excluding carboxylic acids is 2. The van der Waals surface area contributed by atoms with E-state index in [4.69, 9.17) is 14.3 Å². The zero-order chi connectivity index (χ0) is 16.5. The average molecular weight is 307 g/mol. The lowest BCUT2D eigenvalue weighted by atomic mass is 10.0. The fourth-order valence-corrected chi connectivity index (χ4v) is 1.83. The van der Waals surface area contributed by atoms with Gasteiger partial charge in [-0.25, -0.2) is 9.86 Å². The predicted molar refractivity (Wildman–Crippen MR) is 82.1 cm³/mol. The number of esters is 1. The van der Waals surface area contributed by atoms with Crippen molar-refractivity contribution in [3.63, 3.8) is 0 Å². The van der Waals surface area contributed by atoms with E-state index in [9.17, 15) is 9.59 Å². The summed E-state index contributed by atoms with van der Waals surface area (Å²) in [6.45, 7) is 2.05. The van der Waals surface area contributed by atoms with E-state index < -0.39 is 5.97 Å². The van der Waals surface area contributed by atoms with Crippen molar-refractivity contribution in [2.45, 2.75) is 13.3 Å². The van der Waals surface area contributed by atoms with Gasteiger partial charge in [0, 0.05) is 18.7 Å². The number of nitrogens with zero attached hydrogens (tertiary/aromatic N) is 1. The minimum Gasteiger partial charge on any atom is -0.496 e. The van der Waals surface area contributed by atoms with E-state index in [0.29, 0.717) is 23.5 Å². The molecule has 0 bridgehead atoms. The molecule has 0 unspecified atom stereocenters. The molecule has 0 aliphatic carbocycles. The number of hydrogen-bond acceptors (Lipinski definition) is 5. The van der Waals surface area contributed by atoms with E-state index in [-0.39, 0.29) is 12.3 Å². The van der Waals surface area contributed by atoms with Gasteiger partial charge in [0.05, 0.1) is 27.2 Å². The molecule has 0 heterocycles. The monoisotopic (exact) mass is 307 g/mol. The number of hydroxylamine groups is 2. The van der Waals surface area contributed by atoms with E-state index in [1.165, 1.54) is 27.3 Å². The van der Waals surface area contributed by atoms with Gasteiger partial charge in [0.25, 0.3) is 0 Å². The number of ether oxygens (including phenoxy) is 2. The smallest absolute Gasteiger partial charge is 0.330 e. The molecule has 0 N–H and O–H groups in total. The Balaban J connectivity index is 3.07. The first-order valence-electron chi connectivity index (χ1n) is 6.84. The quantitative estimate of drug-likeness (QED) is 0.437. The van der Waals surface area contributed by atoms with Crippen LogP contribution in [0.25, 0.3) is 6.08 Å². The van der Waals surface area contributed by atoms with Crippen LogP contribution in [0.1, 0.15) is 18.1 Å². The van der Waals surface area contributed by atoms with E-state index in [2.05, 4.69) is 0 Å². The minimum atomic E-state index is -0.434. The molecule has 1 rings (SSSR count). The van der Waals surface area contributed by atoms with Crippen LogP contribution in [-0.4, -0.2) is 44.8 Å². The Morgan fingerprint density at radius 1 is 1.27 bits per heavy atom. The van der Waals surface area contributed by atoms with Crippen molar-refractivity contribution in [1.29, 1.82) is 0 Å². The van der Waals surface area contributed by atoms with Crippen molar-refractivity contribution in [1.82, 2.24) is 5.06 Å². The summed E-state index contributed by atoms with van der Waals surface area (Å²) in [5.41, 5.74) is 1.39. The molecule has 6 heteroatoms. The number of rotatable bonds is 7. The Bertz CT molecular complexity index is 553. The lowest BCUT2D eigenvalue weighted by Gasteiger charge is -2.16. The molecule has 6 nitrogen and oxygen atoms in total. The van der Waals surface area contributed by atoms with Crippen molar-refractivity contribution < 1.29 is 23.9 Å². The largest absolute Gasteiger partial charge is 0.496 e. The lowest BCUT2D eigenvalue weighted by molar-refractivity contribution is -0.167. The van der Waals surface area contributed by atoms with Crippen LogP contribution in [0.15, 0.2) is 24.3 Å². The summed E-state index contributed by atoms with van der Waals surface area (Å²) in [7, 11) is 4.48. The molecule has 1 amide bonds. The highest BCUT2D eigenvalue weighted by molar-refractivity contribution is 5.88. The van der Waals surface area contributed by atoms with Gasteiger partial charge in [-0.1, -0.05) is 12.1 Å². The van der Waals surface area contributed by atoms with E-state index in [0.717, 1.165) is 5.06 Å². The van der Waals surface area contributed by atoms with Crippen molar-refractivity contribution in [2.24, 2.45) is 0 Å². The molecule has 0 fully saturated rings. The van der Waals surface area contributed by atoms with Crippen LogP contribution in [0.3, 0.4) is 0 Å². The van der Waals surface area contributed by atoms with Crippen LogP contribution in [-0.2, 0) is 25.6 Å². The number of amides is 1. The standard InChI is InChI=1S/C16H21NO5/c1-5-22-16(19)10-9-12-7-6-8-14(20-3)13(12)11-15(18)17(2)21-4/h6-10H,5,11H2,1-4H3/b10-9+. The second-order valence-corrected chi connectivity index (χ2v) is 4.36. The first kappa shape index (κ1) is 17.7. The summed E-state index contributed by atoms with van der Waals surface area (Å²) in [4.78, 5) is 28.3. The summed E-state index contributed by atoms with van der Waals surface area (Å²) in [6, 6.07) is 5.35. The fraction of sp³-hybridized carbons (Fsp3) is 0.375. The first-order valence-corrected chi connectivity index (χ1v) is 6.84. The van der Waals surface area contributed by atoms with E-state index in [1.807, 2.05) is 0 Å². The minimum absolute atomic E-state index is 0.0941. The summed E-state index contributed by atoms with van der Waals surface area (Å²) < 4.78 is 10.1. The Morgan fingerprint density at radius 2 is 2.00 bits per heavy atom. The van der Waals surface area contributed by atoms with Crippen molar-refractivity contribution in [3.05, 3.63) is 35.4 Å². The van der Waals surface area contributed by atoms with Crippen molar-refractivity contribution in [3.8, 4) is 5.75 Å². The molecule has 0 aliphatic heterocycles. The molecule has 0 saturated heterocycles. The molecule has 0 aromatic heterocycles. The maximum atomic E-state index is 12.0. The molecule has 1 aromatic rings. The maximum Gasteiger partial charge on any atom is 0.330 e. The highest BCUT2D eigenvalue weighted by atomic mass is 16.7. The number of carbonyl (C=O) groups is 2. The van der Waals surface area contributed by atoms with Gasteiger partial charge in [-0.2, -0.15) is 0 Å². The number of methoxy groups -OCH3 is 1. The average Bonchev–Trinajstić information content (AvgIpc) is 2.53. The molecule has 0 spiro atoms. The zero-order valence-electron chi connectivity index (χ0n) is 13.3. The van der Waals surface area contributed by atoms with Crippen molar-refractivity contribution >= 4 is 18.0 Å². The molecule has 0 saturated carbocycles. The Hall–Kier alpha value is -2.34. The highest BCUT2D eigenvalue weighted by Gasteiger charge is 2.15. The van der Waals surface area contributed by atoms with Gasteiger partial charge in [-0.05, 0) is 24.6 Å². The molecular weight excluding hydrogens is 286 g/mol. The Labute approximate surface area is 130 Å². The summed E-state index contributed by atoms with van der Waals surface area (Å²) in [5.74, 6) is -0.0850. The van der Waals surface area contributed by atoms with Crippen molar-refractivity contribution in [2.75, 3.05) is 27.9 Å².